The Balaban J connectivity index is 3.30. The van der Waals surface area contributed by atoms with E-state index in [9.17, 15) is 23.1 Å². The summed E-state index contributed by atoms with van der Waals surface area (Å²) in [5.41, 5.74) is -0.628. The number of aromatic hydroxyl groups is 1. The van der Waals surface area contributed by atoms with Crippen LogP contribution in [0.2, 0.25) is 0 Å². The topological polar surface area (TPSA) is 156 Å². The predicted molar refractivity (Wildman–Crippen MR) is 71.7 cm³/mol. The molecule has 0 atom stereocenters. The molecule has 3 N–H and O–H groups in total. The lowest BCUT2D eigenvalue weighted by Gasteiger charge is -2.19. The molecule has 0 fully saturated rings. The van der Waals surface area contributed by atoms with Crippen molar-refractivity contribution in [2.24, 2.45) is 0 Å². The summed E-state index contributed by atoms with van der Waals surface area (Å²) in [5, 5.41) is 35.5. The molecule has 1 aromatic rings. The van der Waals surface area contributed by atoms with E-state index in [0.717, 1.165) is 18.2 Å². The van der Waals surface area contributed by atoms with Gasteiger partial charge in [0.15, 0.2) is 0 Å². The molecule has 0 aliphatic heterocycles. The van der Waals surface area contributed by atoms with Crippen LogP contribution in [0.5, 0.6) is 5.75 Å². The maximum Gasteiger partial charge on any atom is 0.339 e. The second kappa shape index (κ2) is 6.88. The van der Waals surface area contributed by atoms with Crippen LogP contribution >= 0.6 is 0 Å². The molecule has 0 bridgehead atoms. The number of carboxylic acids is 2. The SMILES string of the molecule is N#CCCN(CC(=O)O)S(=O)(=O)c1ccc(O)c(C(=O)O)c1. The third-order valence-corrected chi connectivity index (χ3v) is 4.46. The number of carbonyl (C=O) groups is 2. The molecule has 118 valence electrons. The van der Waals surface area contributed by atoms with Crippen LogP contribution in [0, 0.1) is 11.3 Å². The monoisotopic (exact) mass is 328 g/mol. The number of hydrogen-bond donors (Lipinski definition) is 3. The van der Waals surface area contributed by atoms with E-state index in [1.807, 2.05) is 0 Å². The highest BCUT2D eigenvalue weighted by Gasteiger charge is 2.27. The minimum Gasteiger partial charge on any atom is -0.507 e. The van der Waals surface area contributed by atoms with Crippen molar-refractivity contribution in [3.05, 3.63) is 23.8 Å². The number of nitriles is 1. The third kappa shape index (κ3) is 3.94. The molecule has 0 heterocycles. The summed E-state index contributed by atoms with van der Waals surface area (Å²) in [6.07, 6.45) is -0.226. The molecule has 0 spiro atoms. The minimum absolute atomic E-state index is 0.226. The molecule has 0 saturated heterocycles. The zero-order chi connectivity index (χ0) is 16.9. The molecule has 10 heteroatoms. The Labute approximate surface area is 125 Å². The molecule has 0 aromatic heterocycles. The number of aromatic carboxylic acids is 1. The first-order valence-corrected chi connectivity index (χ1v) is 7.29. The van der Waals surface area contributed by atoms with Gasteiger partial charge in [0.1, 0.15) is 17.9 Å². The van der Waals surface area contributed by atoms with Gasteiger partial charge in [0.2, 0.25) is 10.0 Å². The van der Waals surface area contributed by atoms with Crippen LogP contribution < -0.4 is 0 Å². The molecule has 0 radical (unpaired) electrons. The minimum atomic E-state index is -4.31. The van der Waals surface area contributed by atoms with E-state index < -0.39 is 44.7 Å². The molecule has 1 rings (SSSR count). The molecule has 0 amide bonds. The highest BCUT2D eigenvalue weighted by molar-refractivity contribution is 7.89. The zero-order valence-corrected chi connectivity index (χ0v) is 11.9. The molecular weight excluding hydrogens is 316 g/mol. The number of rotatable bonds is 7. The Bertz CT molecular complexity index is 736. The number of hydrogen-bond acceptors (Lipinski definition) is 6. The lowest BCUT2D eigenvalue weighted by atomic mass is 10.2. The number of phenols is 1. The van der Waals surface area contributed by atoms with E-state index in [2.05, 4.69) is 0 Å². The fourth-order valence-corrected chi connectivity index (χ4v) is 3.02. The first kappa shape index (κ1) is 17.4. The van der Waals surface area contributed by atoms with Crippen molar-refractivity contribution in [3.8, 4) is 11.8 Å². The first-order chi connectivity index (χ1) is 10.2. The van der Waals surface area contributed by atoms with Crippen LogP contribution in [-0.2, 0) is 14.8 Å². The quantitative estimate of drug-likeness (QED) is 0.635. The zero-order valence-electron chi connectivity index (χ0n) is 11.1. The van der Waals surface area contributed by atoms with Crippen LogP contribution in [0.25, 0.3) is 0 Å². The van der Waals surface area contributed by atoms with E-state index in [1.165, 1.54) is 0 Å². The number of sulfonamides is 1. The van der Waals surface area contributed by atoms with Crippen molar-refractivity contribution in [1.29, 1.82) is 5.26 Å². The van der Waals surface area contributed by atoms with Crippen molar-refractivity contribution < 1.29 is 33.3 Å². The summed E-state index contributed by atoms with van der Waals surface area (Å²) in [6, 6.07) is 4.28. The van der Waals surface area contributed by atoms with Gasteiger partial charge in [-0.3, -0.25) is 4.79 Å². The molecule has 0 unspecified atom stereocenters. The Morgan fingerprint density at radius 2 is 1.91 bits per heavy atom. The number of benzene rings is 1. The summed E-state index contributed by atoms with van der Waals surface area (Å²) in [4.78, 5) is 21.2. The van der Waals surface area contributed by atoms with E-state index in [0.29, 0.717) is 4.31 Å². The standard InChI is InChI=1S/C12H12N2O7S/c13-4-1-5-14(7-11(16)17)22(20,21)8-2-3-10(15)9(6-8)12(18)19/h2-3,6,15H,1,5,7H2,(H,16,17)(H,18,19). The van der Waals surface area contributed by atoms with Gasteiger partial charge in [0.05, 0.1) is 11.0 Å². The summed E-state index contributed by atoms with van der Waals surface area (Å²) in [5.74, 6) is -3.57. The highest BCUT2D eigenvalue weighted by Crippen LogP contribution is 2.23. The Morgan fingerprint density at radius 1 is 1.27 bits per heavy atom. The largest absolute Gasteiger partial charge is 0.507 e. The first-order valence-electron chi connectivity index (χ1n) is 5.85. The van der Waals surface area contributed by atoms with Crippen molar-refractivity contribution in [1.82, 2.24) is 4.31 Å². The second-order valence-electron chi connectivity index (χ2n) is 4.12. The lowest BCUT2D eigenvalue weighted by molar-refractivity contribution is -0.137. The summed E-state index contributed by atoms with van der Waals surface area (Å²) in [6.45, 7) is -1.22. The maximum absolute atomic E-state index is 12.3. The Kier molecular flexibility index (Phi) is 5.44. The Hall–Kier alpha value is -2.64. The number of nitrogens with zero attached hydrogens (tertiary/aromatic N) is 2. The van der Waals surface area contributed by atoms with Crippen molar-refractivity contribution in [2.75, 3.05) is 13.1 Å². The van der Waals surface area contributed by atoms with E-state index in [4.69, 9.17) is 15.5 Å². The van der Waals surface area contributed by atoms with Crippen LogP contribution in [0.1, 0.15) is 16.8 Å². The number of aliphatic carboxylic acids is 1. The lowest BCUT2D eigenvalue weighted by Crippen LogP contribution is -2.36. The fourth-order valence-electron chi connectivity index (χ4n) is 1.61. The molecule has 0 saturated carbocycles. The molecule has 22 heavy (non-hydrogen) atoms. The van der Waals surface area contributed by atoms with Gasteiger partial charge < -0.3 is 15.3 Å². The van der Waals surface area contributed by atoms with Gasteiger partial charge in [-0.05, 0) is 18.2 Å². The van der Waals surface area contributed by atoms with Crippen LogP contribution in [0.15, 0.2) is 23.1 Å². The third-order valence-electron chi connectivity index (χ3n) is 2.62. The average Bonchev–Trinajstić information content (AvgIpc) is 2.42. The predicted octanol–water partition coefficient (Wildman–Crippen LogP) is 0.0794. The second-order valence-corrected chi connectivity index (χ2v) is 6.06. The van der Waals surface area contributed by atoms with Gasteiger partial charge in [0.25, 0.3) is 0 Å². The van der Waals surface area contributed by atoms with Crippen LogP contribution in [0.3, 0.4) is 0 Å². The highest BCUT2D eigenvalue weighted by atomic mass is 32.2. The summed E-state index contributed by atoms with van der Waals surface area (Å²) >= 11 is 0. The van der Waals surface area contributed by atoms with Crippen molar-refractivity contribution >= 4 is 22.0 Å². The molecule has 9 nitrogen and oxygen atoms in total. The van der Waals surface area contributed by atoms with Gasteiger partial charge in [-0.1, -0.05) is 0 Å². The fraction of sp³-hybridized carbons (Fsp3) is 0.250. The number of carboxylic acid groups (broad SMARTS) is 2. The molecule has 1 aromatic carbocycles. The van der Waals surface area contributed by atoms with Gasteiger partial charge in [-0.15, -0.1) is 0 Å². The smallest absolute Gasteiger partial charge is 0.339 e. The summed E-state index contributed by atoms with van der Waals surface area (Å²) in [7, 11) is -4.31. The maximum atomic E-state index is 12.3. The van der Waals surface area contributed by atoms with Gasteiger partial charge in [-0.25, -0.2) is 13.2 Å². The van der Waals surface area contributed by atoms with Gasteiger partial charge >= 0.3 is 11.9 Å². The summed E-state index contributed by atoms with van der Waals surface area (Å²) < 4.78 is 25.2. The van der Waals surface area contributed by atoms with Crippen molar-refractivity contribution in [2.45, 2.75) is 11.3 Å². The normalized spacial score (nSPS) is 11.1. The van der Waals surface area contributed by atoms with E-state index in [1.54, 1.807) is 6.07 Å². The van der Waals surface area contributed by atoms with E-state index in [-0.39, 0.29) is 13.0 Å². The van der Waals surface area contributed by atoms with Crippen LogP contribution in [0.4, 0.5) is 0 Å². The van der Waals surface area contributed by atoms with E-state index >= 15 is 0 Å². The Morgan fingerprint density at radius 3 is 2.41 bits per heavy atom. The average molecular weight is 328 g/mol. The molecule has 0 aliphatic carbocycles. The van der Waals surface area contributed by atoms with Gasteiger partial charge in [0, 0.05) is 13.0 Å². The van der Waals surface area contributed by atoms with Gasteiger partial charge in [-0.2, -0.15) is 9.57 Å². The van der Waals surface area contributed by atoms with Crippen molar-refractivity contribution in [3.63, 3.8) is 0 Å². The van der Waals surface area contributed by atoms with Crippen LogP contribution in [-0.4, -0.2) is 53.1 Å². The molecule has 0 aliphatic rings. The molecular formula is C12H12N2O7S.